The van der Waals surface area contributed by atoms with Gasteiger partial charge in [0.1, 0.15) is 30.9 Å². The van der Waals surface area contributed by atoms with Crippen molar-refractivity contribution in [2.24, 2.45) is 0 Å². The zero-order valence-corrected chi connectivity index (χ0v) is 33.3. The molecule has 1 saturated carbocycles. The summed E-state index contributed by atoms with van der Waals surface area (Å²) in [6.07, 6.45) is 7.56. The van der Waals surface area contributed by atoms with E-state index in [-0.39, 0.29) is 17.5 Å². The van der Waals surface area contributed by atoms with Gasteiger partial charge in [-0.15, -0.1) is 0 Å². The molecule has 3 amide bonds. The van der Waals surface area contributed by atoms with Crippen molar-refractivity contribution in [3.8, 4) is 6.01 Å². The van der Waals surface area contributed by atoms with Gasteiger partial charge in [-0.3, -0.25) is 15.0 Å². The molecule has 13 nitrogen and oxygen atoms in total. The van der Waals surface area contributed by atoms with Gasteiger partial charge in [0.2, 0.25) is 0 Å². The maximum Gasteiger partial charge on any atom is 0.322 e. The predicted molar refractivity (Wildman–Crippen MR) is 207 cm³/mol. The van der Waals surface area contributed by atoms with Crippen LogP contribution in [0.3, 0.4) is 0 Å². The predicted octanol–water partition coefficient (Wildman–Crippen LogP) is 5.37. The van der Waals surface area contributed by atoms with Crippen LogP contribution in [0, 0.1) is 0 Å². The minimum absolute atomic E-state index is 0.260. The van der Waals surface area contributed by atoms with Crippen molar-refractivity contribution in [2.45, 2.75) is 113 Å². The van der Waals surface area contributed by atoms with Gasteiger partial charge in [-0.1, -0.05) is 31.2 Å². The van der Waals surface area contributed by atoms with E-state index in [0.29, 0.717) is 84.3 Å². The van der Waals surface area contributed by atoms with Crippen molar-refractivity contribution in [1.29, 1.82) is 0 Å². The Morgan fingerprint density at radius 3 is 2.70 bits per heavy atom. The van der Waals surface area contributed by atoms with E-state index in [9.17, 15) is 14.0 Å². The summed E-state index contributed by atoms with van der Waals surface area (Å²) in [6, 6.07) is 2.93. The smallest absolute Gasteiger partial charge is 0.322 e. The van der Waals surface area contributed by atoms with E-state index < -0.39 is 25.8 Å². The first-order valence-electron chi connectivity index (χ1n) is 19.7. The number of piperidine rings is 1. The molecule has 16 heteroatoms. The van der Waals surface area contributed by atoms with Crippen molar-refractivity contribution in [1.82, 2.24) is 35.3 Å². The van der Waals surface area contributed by atoms with Crippen LogP contribution in [0.5, 0.6) is 6.01 Å². The molecule has 2 N–H and O–H groups in total. The largest absolute Gasteiger partial charge is 0.461 e. The second-order valence-corrected chi connectivity index (χ2v) is 23.7. The summed E-state index contributed by atoms with van der Waals surface area (Å²) < 4.78 is 29.2. The van der Waals surface area contributed by atoms with Crippen LogP contribution in [0.25, 0.3) is 10.9 Å². The normalized spacial score (nSPS) is 27.2. The third kappa shape index (κ3) is 6.62. The Hall–Kier alpha value is -3.53. The first-order valence-corrected chi connectivity index (χ1v) is 23.8. The van der Waals surface area contributed by atoms with Crippen molar-refractivity contribution in [2.75, 3.05) is 55.7 Å². The minimum atomic E-state index is -1.23. The zero-order chi connectivity index (χ0) is 37.4. The lowest BCUT2D eigenvalue weighted by atomic mass is 9.88. The topological polar surface area (TPSA) is 130 Å². The average molecular weight is 780 g/mol. The molecule has 0 bridgehead atoms. The number of halogens is 2. The van der Waals surface area contributed by atoms with Gasteiger partial charge in [-0.2, -0.15) is 15.1 Å². The van der Waals surface area contributed by atoms with E-state index in [1.165, 1.54) is 5.56 Å². The highest BCUT2D eigenvalue weighted by Crippen LogP contribution is 2.51. The summed E-state index contributed by atoms with van der Waals surface area (Å²) in [7, 11) is -1.23. The van der Waals surface area contributed by atoms with Crippen molar-refractivity contribution >= 4 is 54.0 Å². The van der Waals surface area contributed by atoms with Crippen molar-refractivity contribution < 1.29 is 23.5 Å². The number of aromatic nitrogens is 4. The molecule has 6 aliphatic rings. The number of fused-ring (bicyclic) bond motifs is 3. The molecule has 3 aromatic rings. The third-order valence-electron chi connectivity index (χ3n) is 12.5. The Kier molecular flexibility index (Phi) is 9.09. The number of hydrogen-bond donors (Lipinski definition) is 2. The number of carbonyl (C=O) groups excluding carboxylic acids is 2. The minimum Gasteiger partial charge on any atom is -0.461 e. The number of nitrogens with zero attached hydrogens (tertiary/aromatic N) is 7. The molecule has 0 unspecified atom stereocenters. The lowest BCUT2D eigenvalue weighted by Crippen LogP contribution is -2.59. The van der Waals surface area contributed by atoms with E-state index in [2.05, 4.69) is 45.0 Å². The zero-order valence-electron chi connectivity index (χ0n) is 31.6. The van der Waals surface area contributed by atoms with E-state index in [1.807, 2.05) is 16.9 Å². The van der Waals surface area contributed by atoms with Gasteiger partial charge in [0.25, 0.3) is 5.91 Å². The molecule has 5 fully saturated rings. The lowest BCUT2D eigenvalue weighted by Gasteiger charge is -2.41. The number of imide groups is 1. The summed E-state index contributed by atoms with van der Waals surface area (Å²) in [4.78, 5) is 42.2. The first kappa shape index (κ1) is 36.1. The van der Waals surface area contributed by atoms with Crippen LogP contribution in [0.15, 0.2) is 12.3 Å². The average Bonchev–Trinajstić information content (AvgIpc) is 3.54. The number of anilines is 2. The van der Waals surface area contributed by atoms with Crippen LogP contribution in [0.4, 0.5) is 20.7 Å². The summed E-state index contributed by atoms with van der Waals surface area (Å²) in [5.41, 5.74) is 3.73. The SMILES string of the molecule is C[Si](C)(C)CCOCn1ncc2c(N3CCc4c(nc(OC[C@@]56CCCN5C[C@H](F)C6)nc4N4CCC[C@]5(C4)NC(=O)NC5=O)C3)c(C3CC3)c(Cl)cc21. The van der Waals surface area contributed by atoms with Crippen LogP contribution in [0.2, 0.25) is 30.7 Å². The number of urea groups is 1. The number of amides is 3. The quantitative estimate of drug-likeness (QED) is 0.149. The maximum absolute atomic E-state index is 14.7. The third-order valence-corrected chi connectivity index (χ3v) is 14.5. The Balaban J connectivity index is 1.06. The fourth-order valence-electron chi connectivity index (χ4n) is 9.52. The molecule has 9 rings (SSSR count). The number of hydrogen-bond acceptors (Lipinski definition) is 10. The van der Waals surface area contributed by atoms with Gasteiger partial charge >= 0.3 is 12.0 Å². The molecule has 4 saturated heterocycles. The second-order valence-electron chi connectivity index (χ2n) is 17.6. The number of nitrogens with one attached hydrogen (secondary N) is 2. The first-order chi connectivity index (χ1) is 25.9. The second kappa shape index (κ2) is 13.6. The van der Waals surface area contributed by atoms with Gasteiger partial charge in [0.05, 0.1) is 41.7 Å². The summed E-state index contributed by atoms with van der Waals surface area (Å²) in [5.74, 6) is 0.830. The molecule has 1 aromatic carbocycles. The number of ether oxygens (including phenoxy) is 2. The molecular weight excluding hydrogens is 729 g/mol. The molecule has 290 valence electrons. The van der Waals surface area contributed by atoms with E-state index in [4.69, 9.17) is 36.1 Å². The van der Waals surface area contributed by atoms with Crippen LogP contribution in [0.1, 0.15) is 67.7 Å². The number of carbonyl (C=O) groups is 2. The van der Waals surface area contributed by atoms with Gasteiger partial charge in [0.15, 0.2) is 0 Å². The van der Waals surface area contributed by atoms with Crippen LogP contribution in [-0.4, -0.2) is 108 Å². The standard InChI is InChI=1S/C38H51ClFN9O4Si/c1-54(2,3)15-14-52-23-49-30-16-28(39)31(24-6-7-24)32(27(30)18-41-49)46-13-8-26-29(20-46)42-36(53-22-37-9-4-12-48(37)19-25(40)17-37)43-33(26)47-11-5-10-38(21-47)34(50)44-35(51)45-38/h16,18,24-25H,4-15,17,19-23H2,1-3H3,(H2,44,45,50,51)/t25-,37+,38-/m1/s1. The Morgan fingerprint density at radius 1 is 1.09 bits per heavy atom. The highest BCUT2D eigenvalue weighted by Gasteiger charge is 2.51. The monoisotopic (exact) mass is 779 g/mol. The molecule has 1 aliphatic carbocycles. The molecule has 2 aromatic heterocycles. The highest BCUT2D eigenvalue weighted by molar-refractivity contribution is 6.76. The molecule has 7 heterocycles. The Labute approximate surface area is 321 Å². The van der Waals surface area contributed by atoms with Crippen molar-refractivity contribution in [3.05, 3.63) is 34.1 Å². The van der Waals surface area contributed by atoms with E-state index >= 15 is 0 Å². The van der Waals surface area contributed by atoms with Crippen LogP contribution in [-0.2, 0) is 29.2 Å². The molecule has 54 heavy (non-hydrogen) atoms. The summed E-state index contributed by atoms with van der Waals surface area (Å²) >= 11 is 7.16. The van der Waals surface area contributed by atoms with Crippen LogP contribution >= 0.6 is 11.6 Å². The number of benzene rings is 1. The molecule has 5 aliphatic heterocycles. The van der Waals surface area contributed by atoms with Crippen LogP contribution < -0.4 is 25.2 Å². The molecule has 0 radical (unpaired) electrons. The molecule has 1 spiro atoms. The van der Waals surface area contributed by atoms with Gasteiger partial charge in [0, 0.05) is 56.7 Å². The van der Waals surface area contributed by atoms with E-state index in [1.54, 1.807) is 0 Å². The number of rotatable bonds is 11. The van der Waals surface area contributed by atoms with Crippen molar-refractivity contribution in [3.63, 3.8) is 0 Å². The Morgan fingerprint density at radius 2 is 1.93 bits per heavy atom. The van der Waals surface area contributed by atoms with Gasteiger partial charge in [-0.25, -0.2) is 13.9 Å². The highest BCUT2D eigenvalue weighted by atomic mass is 35.5. The lowest BCUT2D eigenvalue weighted by molar-refractivity contribution is -0.124. The maximum atomic E-state index is 14.7. The fourth-order valence-corrected chi connectivity index (χ4v) is 10.6. The summed E-state index contributed by atoms with van der Waals surface area (Å²) in [6.45, 7) is 11.9. The number of alkyl halides is 1. The molecule has 3 atom stereocenters. The molecular formula is C38H51ClFN9O4Si. The van der Waals surface area contributed by atoms with Gasteiger partial charge < -0.3 is 24.6 Å². The Bertz CT molecular complexity index is 1990. The van der Waals surface area contributed by atoms with E-state index in [0.717, 1.165) is 77.0 Å². The van der Waals surface area contributed by atoms with Gasteiger partial charge in [-0.05, 0) is 75.1 Å². The fraction of sp³-hybridized carbons (Fsp3) is 0.658. The summed E-state index contributed by atoms with van der Waals surface area (Å²) in [5, 5.41) is 11.9.